The number of likely N-dealkylation sites (N-methyl/N-ethyl adjacent to an activating group) is 1. The molecule has 5 heteroatoms. The average molecular weight is 347 g/mol. The molecule has 2 rings (SSSR count). The predicted molar refractivity (Wildman–Crippen MR) is 77.9 cm³/mol. The van der Waals surface area contributed by atoms with Crippen LogP contribution >= 0.6 is 27.5 Å². The molecule has 2 nitrogen and oxygen atoms in total. The average Bonchev–Trinajstić information content (AvgIpc) is 2.74. The van der Waals surface area contributed by atoms with Crippen molar-refractivity contribution in [2.45, 2.75) is 19.4 Å². The maximum absolute atomic E-state index is 13.4. The molecule has 0 fully saturated rings. The molecule has 0 spiro atoms. The number of halogens is 3. The Morgan fingerprint density at radius 1 is 1.37 bits per heavy atom. The van der Waals surface area contributed by atoms with E-state index in [2.05, 4.69) is 21.2 Å². The molecule has 1 aromatic heterocycles. The van der Waals surface area contributed by atoms with Gasteiger partial charge in [-0.25, -0.2) is 4.39 Å². The zero-order valence-corrected chi connectivity index (χ0v) is 12.8. The summed E-state index contributed by atoms with van der Waals surface area (Å²) in [7, 11) is 0. The van der Waals surface area contributed by atoms with Crippen LogP contribution in [-0.2, 0) is 6.42 Å². The molecular formula is C14H14BrClFNO. The van der Waals surface area contributed by atoms with Crippen LogP contribution in [-0.4, -0.2) is 6.54 Å². The van der Waals surface area contributed by atoms with Crippen molar-refractivity contribution in [1.29, 1.82) is 0 Å². The maximum Gasteiger partial charge on any atom is 0.193 e. The highest BCUT2D eigenvalue weighted by Crippen LogP contribution is 2.25. The number of rotatable bonds is 5. The van der Waals surface area contributed by atoms with Crippen LogP contribution in [0.3, 0.4) is 0 Å². The lowest BCUT2D eigenvalue weighted by Crippen LogP contribution is -2.22. The molecule has 1 atom stereocenters. The van der Waals surface area contributed by atoms with Gasteiger partial charge in [-0.3, -0.25) is 0 Å². The second-order valence-electron chi connectivity index (χ2n) is 4.23. The predicted octanol–water partition coefficient (Wildman–Crippen LogP) is 4.73. The fourth-order valence-electron chi connectivity index (χ4n) is 2.00. The molecule has 0 saturated heterocycles. The largest absolute Gasteiger partial charge is 0.448 e. The minimum Gasteiger partial charge on any atom is -0.448 e. The lowest BCUT2D eigenvalue weighted by atomic mass is 10.0. The van der Waals surface area contributed by atoms with E-state index in [0.29, 0.717) is 11.6 Å². The quantitative estimate of drug-likeness (QED) is 0.847. The molecule has 0 saturated carbocycles. The monoisotopic (exact) mass is 345 g/mol. The summed E-state index contributed by atoms with van der Waals surface area (Å²) in [5, 5.41) is 3.67. The first-order valence-electron chi connectivity index (χ1n) is 6.02. The van der Waals surface area contributed by atoms with E-state index in [1.807, 2.05) is 19.1 Å². The van der Waals surface area contributed by atoms with Gasteiger partial charge in [0.1, 0.15) is 11.6 Å². The first-order chi connectivity index (χ1) is 9.08. The lowest BCUT2D eigenvalue weighted by Gasteiger charge is -2.15. The van der Waals surface area contributed by atoms with Gasteiger partial charge in [0, 0.05) is 4.47 Å². The third kappa shape index (κ3) is 4.06. The Labute approximate surface area is 125 Å². The molecule has 1 heterocycles. The van der Waals surface area contributed by atoms with E-state index in [-0.39, 0.29) is 11.9 Å². The van der Waals surface area contributed by atoms with Gasteiger partial charge in [-0.2, -0.15) is 0 Å². The molecule has 0 amide bonds. The Morgan fingerprint density at radius 2 is 2.16 bits per heavy atom. The zero-order chi connectivity index (χ0) is 13.8. The molecule has 1 aromatic carbocycles. The molecule has 1 unspecified atom stereocenters. The van der Waals surface area contributed by atoms with Gasteiger partial charge in [0.15, 0.2) is 5.22 Å². The van der Waals surface area contributed by atoms with E-state index < -0.39 is 0 Å². The second-order valence-corrected chi connectivity index (χ2v) is 5.52. The van der Waals surface area contributed by atoms with Gasteiger partial charge in [0.05, 0.1) is 6.04 Å². The van der Waals surface area contributed by atoms with Crippen LogP contribution < -0.4 is 5.32 Å². The minimum atomic E-state index is -0.253. The van der Waals surface area contributed by atoms with E-state index in [1.165, 1.54) is 12.1 Å². The van der Waals surface area contributed by atoms with Gasteiger partial charge in [-0.05, 0) is 60.5 Å². The Morgan fingerprint density at radius 3 is 2.74 bits per heavy atom. The van der Waals surface area contributed by atoms with Crippen molar-refractivity contribution in [3.63, 3.8) is 0 Å². The molecule has 102 valence electrons. The van der Waals surface area contributed by atoms with E-state index in [4.69, 9.17) is 16.0 Å². The number of hydrogen-bond acceptors (Lipinski definition) is 2. The van der Waals surface area contributed by atoms with Crippen LogP contribution in [0.5, 0.6) is 0 Å². The van der Waals surface area contributed by atoms with Crippen molar-refractivity contribution >= 4 is 27.5 Å². The minimum absolute atomic E-state index is 0.0220. The van der Waals surface area contributed by atoms with Gasteiger partial charge in [0.25, 0.3) is 0 Å². The fraction of sp³-hybridized carbons (Fsp3) is 0.286. The summed E-state index contributed by atoms with van der Waals surface area (Å²) < 4.78 is 19.5. The summed E-state index contributed by atoms with van der Waals surface area (Å²) in [6.07, 6.45) is 0.633. The summed E-state index contributed by atoms with van der Waals surface area (Å²) in [6, 6.07) is 8.39. The third-order valence-corrected chi connectivity index (χ3v) is 3.41. The number of nitrogens with one attached hydrogen (secondary N) is 1. The smallest absolute Gasteiger partial charge is 0.193 e. The van der Waals surface area contributed by atoms with Crippen molar-refractivity contribution in [3.8, 4) is 0 Å². The highest BCUT2D eigenvalue weighted by molar-refractivity contribution is 9.10. The van der Waals surface area contributed by atoms with Gasteiger partial charge in [-0.1, -0.05) is 22.9 Å². The zero-order valence-electron chi connectivity index (χ0n) is 10.4. The normalized spacial score (nSPS) is 12.6. The van der Waals surface area contributed by atoms with Crippen LogP contribution in [0.4, 0.5) is 4.39 Å². The molecule has 2 aromatic rings. The van der Waals surface area contributed by atoms with E-state index in [1.54, 1.807) is 6.07 Å². The van der Waals surface area contributed by atoms with Crippen LogP contribution in [0, 0.1) is 5.82 Å². The second kappa shape index (κ2) is 6.55. The summed E-state index contributed by atoms with van der Waals surface area (Å²) in [6.45, 7) is 2.80. The van der Waals surface area contributed by atoms with Crippen molar-refractivity contribution in [2.24, 2.45) is 0 Å². The Balaban J connectivity index is 2.20. The maximum atomic E-state index is 13.4. The van der Waals surface area contributed by atoms with Crippen molar-refractivity contribution in [3.05, 3.63) is 57.2 Å². The van der Waals surface area contributed by atoms with Crippen LogP contribution in [0.15, 0.2) is 39.2 Å². The van der Waals surface area contributed by atoms with E-state index >= 15 is 0 Å². The highest BCUT2D eigenvalue weighted by Gasteiger charge is 2.15. The number of hydrogen-bond donors (Lipinski definition) is 1. The van der Waals surface area contributed by atoms with E-state index in [9.17, 15) is 4.39 Å². The molecule has 0 aliphatic rings. The standard InChI is InChI=1S/C14H14BrClFNO/c1-2-18-12(13-3-4-14(16)19-13)7-9-5-10(15)8-11(17)6-9/h3-6,8,12,18H,2,7H2,1H3. The van der Waals surface area contributed by atoms with Gasteiger partial charge >= 0.3 is 0 Å². The van der Waals surface area contributed by atoms with Crippen LogP contribution in [0.25, 0.3) is 0 Å². The fourth-order valence-corrected chi connectivity index (χ4v) is 2.66. The number of furan rings is 1. The van der Waals surface area contributed by atoms with Gasteiger partial charge in [0.2, 0.25) is 0 Å². The summed E-state index contributed by atoms with van der Waals surface area (Å²) in [4.78, 5) is 0. The molecule has 1 N–H and O–H groups in total. The Bertz CT molecular complexity index is 538. The van der Waals surface area contributed by atoms with Gasteiger partial charge in [-0.15, -0.1) is 0 Å². The van der Waals surface area contributed by atoms with E-state index in [0.717, 1.165) is 22.3 Å². The first kappa shape index (κ1) is 14.6. The van der Waals surface area contributed by atoms with Crippen LogP contribution in [0.1, 0.15) is 24.3 Å². The Hall–Kier alpha value is -0.840. The molecule has 0 radical (unpaired) electrons. The third-order valence-electron chi connectivity index (χ3n) is 2.75. The molecule has 0 aliphatic carbocycles. The van der Waals surface area contributed by atoms with Gasteiger partial charge < -0.3 is 9.73 Å². The Kier molecular flexibility index (Phi) is 5.02. The highest BCUT2D eigenvalue weighted by atomic mass is 79.9. The summed E-state index contributed by atoms with van der Waals surface area (Å²) in [5.74, 6) is 0.504. The van der Waals surface area contributed by atoms with Crippen LogP contribution in [0.2, 0.25) is 5.22 Å². The SMILES string of the molecule is CCNC(Cc1cc(F)cc(Br)c1)c1ccc(Cl)o1. The number of benzene rings is 1. The molecule has 0 aliphatic heterocycles. The summed E-state index contributed by atoms with van der Waals surface area (Å²) in [5.41, 5.74) is 0.894. The van der Waals surface area contributed by atoms with Crippen molar-refractivity contribution in [1.82, 2.24) is 5.32 Å². The van der Waals surface area contributed by atoms with Crippen molar-refractivity contribution < 1.29 is 8.81 Å². The first-order valence-corrected chi connectivity index (χ1v) is 7.19. The molecular weight excluding hydrogens is 333 g/mol. The van der Waals surface area contributed by atoms with Crippen molar-refractivity contribution in [2.75, 3.05) is 6.54 Å². The molecule has 0 bridgehead atoms. The topological polar surface area (TPSA) is 25.2 Å². The lowest BCUT2D eigenvalue weighted by molar-refractivity contribution is 0.417. The summed E-state index contributed by atoms with van der Waals surface area (Å²) >= 11 is 9.09. The molecule has 19 heavy (non-hydrogen) atoms.